The maximum atomic E-state index is 14.7. The number of rotatable bonds is 8. The minimum absolute atomic E-state index is 0.0531. The lowest BCUT2D eigenvalue weighted by Gasteiger charge is -2.33. The number of anilines is 2. The number of pyridine rings is 1. The molecule has 4 aromatic rings. The van der Waals surface area contributed by atoms with Crippen LogP contribution in [0.5, 0.6) is 11.6 Å². The lowest BCUT2D eigenvalue weighted by Crippen LogP contribution is -2.49. The zero-order chi connectivity index (χ0) is 31.6. The topological polar surface area (TPSA) is 133 Å². The van der Waals surface area contributed by atoms with Crippen molar-refractivity contribution in [1.82, 2.24) is 19.9 Å². The van der Waals surface area contributed by atoms with E-state index in [2.05, 4.69) is 25.6 Å². The highest BCUT2D eigenvalue weighted by Gasteiger charge is 2.38. The minimum atomic E-state index is -4.88. The van der Waals surface area contributed by atoms with Gasteiger partial charge >= 0.3 is 12.3 Å². The minimum Gasteiger partial charge on any atom is -0.465 e. The van der Waals surface area contributed by atoms with Crippen LogP contribution in [0.25, 0.3) is 22.0 Å². The molecule has 1 aliphatic rings. The quantitative estimate of drug-likeness (QED) is 0.182. The highest BCUT2D eigenvalue weighted by atomic mass is 19.4. The summed E-state index contributed by atoms with van der Waals surface area (Å²) in [7, 11) is 0. The number of piperidine rings is 1. The number of halogens is 5. The van der Waals surface area contributed by atoms with E-state index < -0.39 is 42.9 Å². The summed E-state index contributed by atoms with van der Waals surface area (Å²) in [4.78, 5) is 25.4. The van der Waals surface area contributed by atoms with Crippen molar-refractivity contribution in [3.63, 3.8) is 0 Å². The molecule has 15 heteroatoms. The molecule has 2 aromatic carbocycles. The molecule has 232 valence electrons. The Hall–Kier alpha value is -4.79. The number of nitrogens with zero attached hydrogens (tertiary/aromatic N) is 4. The number of carboxylic acid groups (broad SMARTS) is 1. The number of carbonyl (C=O) groups is 1. The molecule has 1 fully saturated rings. The second-order valence-corrected chi connectivity index (χ2v) is 10.3. The number of aromatic nitrogens is 3. The Balaban J connectivity index is 1.44. The van der Waals surface area contributed by atoms with Crippen LogP contribution in [0, 0.1) is 12.7 Å². The maximum absolute atomic E-state index is 14.7. The van der Waals surface area contributed by atoms with E-state index in [1.165, 1.54) is 24.5 Å². The van der Waals surface area contributed by atoms with Crippen molar-refractivity contribution >= 4 is 28.5 Å². The second-order valence-electron chi connectivity index (χ2n) is 10.3. The predicted octanol–water partition coefficient (Wildman–Crippen LogP) is 5.77. The maximum Gasteiger partial charge on any atom is 0.416 e. The number of alkyl halides is 4. The summed E-state index contributed by atoms with van der Waals surface area (Å²) in [6.07, 6.45) is -7.13. The van der Waals surface area contributed by atoms with E-state index in [1.54, 1.807) is 31.2 Å². The third-order valence-corrected chi connectivity index (χ3v) is 7.05. The highest BCUT2D eigenvalue weighted by Crippen LogP contribution is 2.39. The molecular weight excluding hydrogens is 591 g/mol. The van der Waals surface area contributed by atoms with Crippen LogP contribution in [0.3, 0.4) is 0 Å². The largest absolute Gasteiger partial charge is 0.465 e. The lowest BCUT2D eigenvalue weighted by molar-refractivity contribution is -0.198. The molecule has 1 amide bonds. The van der Waals surface area contributed by atoms with Crippen molar-refractivity contribution in [3.05, 3.63) is 66.2 Å². The van der Waals surface area contributed by atoms with E-state index in [4.69, 9.17) is 4.74 Å². The number of likely N-dealkylation sites (tertiary alicyclic amines) is 1. The zero-order valence-electron chi connectivity index (χ0n) is 23.1. The normalized spacial score (nSPS) is 17.8. The van der Waals surface area contributed by atoms with Crippen molar-refractivity contribution in [2.45, 2.75) is 37.8 Å². The van der Waals surface area contributed by atoms with Crippen LogP contribution in [0.4, 0.5) is 38.4 Å². The summed E-state index contributed by atoms with van der Waals surface area (Å²) >= 11 is 0. The van der Waals surface area contributed by atoms with Crippen molar-refractivity contribution in [2.75, 3.05) is 30.3 Å². The molecule has 5 rings (SSSR count). The molecule has 0 aliphatic carbocycles. The molecule has 10 nitrogen and oxygen atoms in total. The van der Waals surface area contributed by atoms with E-state index >= 15 is 0 Å². The van der Waals surface area contributed by atoms with E-state index in [0.29, 0.717) is 22.2 Å². The number of aliphatic hydroxyl groups excluding tert-OH is 1. The third kappa shape index (κ3) is 6.72. The summed E-state index contributed by atoms with van der Waals surface area (Å²) in [6, 6.07) is 10.0. The van der Waals surface area contributed by atoms with Gasteiger partial charge in [-0.05, 0) is 42.8 Å². The summed E-state index contributed by atoms with van der Waals surface area (Å²) in [5, 5.41) is 24.6. The molecule has 3 heterocycles. The third-order valence-electron chi connectivity index (χ3n) is 7.05. The van der Waals surface area contributed by atoms with E-state index in [1.807, 2.05) is 0 Å². The number of hydrogen-bond acceptors (Lipinski definition) is 8. The molecule has 0 spiro atoms. The fourth-order valence-electron chi connectivity index (χ4n) is 4.91. The smallest absolute Gasteiger partial charge is 0.416 e. The first kappa shape index (κ1) is 30.7. The van der Waals surface area contributed by atoms with Crippen LogP contribution in [-0.4, -0.2) is 80.3 Å². The highest BCUT2D eigenvalue weighted by molar-refractivity contribution is 5.99. The van der Waals surface area contributed by atoms with Crippen molar-refractivity contribution < 1.29 is 41.7 Å². The predicted molar refractivity (Wildman–Crippen MR) is 151 cm³/mol. The van der Waals surface area contributed by atoms with Crippen LogP contribution < -0.4 is 15.4 Å². The first-order chi connectivity index (χ1) is 20.9. The molecule has 0 saturated carbocycles. The molecule has 4 N–H and O–H groups in total. The molecule has 0 unspecified atom stereocenters. The molecule has 1 aliphatic heterocycles. The van der Waals surface area contributed by atoms with Gasteiger partial charge in [-0.15, -0.1) is 0 Å². The average molecular weight is 619 g/mol. The molecule has 44 heavy (non-hydrogen) atoms. The Morgan fingerprint density at radius 3 is 2.64 bits per heavy atom. The number of amides is 1. The summed E-state index contributed by atoms with van der Waals surface area (Å²) in [5.41, 5.74) is 1.19. The Morgan fingerprint density at radius 2 is 1.89 bits per heavy atom. The molecular formula is C29H27F5N6O4. The van der Waals surface area contributed by atoms with Gasteiger partial charge in [-0.25, -0.2) is 28.5 Å². The van der Waals surface area contributed by atoms with Gasteiger partial charge in [-0.1, -0.05) is 12.1 Å². The number of nitrogens with one attached hydrogen (secondary N) is 2. The van der Waals surface area contributed by atoms with Gasteiger partial charge in [0.1, 0.15) is 17.7 Å². The first-order valence-corrected chi connectivity index (χ1v) is 13.5. The fourth-order valence-corrected chi connectivity index (χ4v) is 4.91. The molecule has 3 atom stereocenters. The second kappa shape index (κ2) is 12.4. The van der Waals surface area contributed by atoms with Gasteiger partial charge in [0, 0.05) is 48.7 Å². The molecule has 1 saturated heterocycles. The molecule has 2 aromatic heterocycles. The van der Waals surface area contributed by atoms with Crippen LogP contribution >= 0.6 is 0 Å². The van der Waals surface area contributed by atoms with E-state index in [-0.39, 0.29) is 48.2 Å². The van der Waals surface area contributed by atoms with Crippen molar-refractivity contribution in [1.29, 1.82) is 0 Å². The van der Waals surface area contributed by atoms with E-state index in [0.717, 1.165) is 11.0 Å². The number of hydrogen-bond donors (Lipinski definition) is 4. The van der Waals surface area contributed by atoms with Gasteiger partial charge in [0.2, 0.25) is 11.8 Å². The van der Waals surface area contributed by atoms with Gasteiger partial charge in [-0.3, -0.25) is 0 Å². The van der Waals surface area contributed by atoms with Gasteiger partial charge in [-0.2, -0.15) is 13.2 Å². The van der Waals surface area contributed by atoms with Gasteiger partial charge in [0.25, 0.3) is 0 Å². The Bertz CT molecular complexity index is 1670. The standard InChI is InChI=1S/C29H27F5N6O4/c1-15-4-5-18-19(6-7-21(31)24(18)37-12-23(41)29(32,33)34)25(15)44-26-20(3-2-9-35-26)22-8-10-36-27(39-22)38-17-11-16(30)13-40(14-17)28(42)43/h2-10,16-17,23,37,41H,11-14H2,1H3,(H,42,43)(H,36,38,39)/t16-,17-,23-/m0/s1. The fraction of sp³-hybridized carbons (Fsp3) is 0.310. The average Bonchev–Trinajstić information content (AvgIpc) is 2.97. The number of aryl methyl sites for hydroxylation is 1. The van der Waals surface area contributed by atoms with Gasteiger partial charge < -0.3 is 30.5 Å². The number of benzene rings is 2. The van der Waals surface area contributed by atoms with Crippen LogP contribution in [-0.2, 0) is 0 Å². The molecule has 0 radical (unpaired) electrons. The number of aliphatic hydroxyl groups is 1. The number of ether oxygens (including phenoxy) is 1. The van der Waals surface area contributed by atoms with E-state index in [9.17, 15) is 37.0 Å². The van der Waals surface area contributed by atoms with Crippen molar-refractivity contribution in [3.8, 4) is 22.9 Å². The Labute approximate surface area is 247 Å². The Morgan fingerprint density at radius 1 is 1.11 bits per heavy atom. The SMILES string of the molecule is Cc1ccc2c(NC[C@H](O)C(F)(F)F)c(F)ccc2c1Oc1ncccc1-c1ccnc(N[C@H]2C[C@H](F)CN(C(=O)O)C2)n1. The summed E-state index contributed by atoms with van der Waals surface area (Å²) in [5.74, 6) is -0.308. The number of fused-ring (bicyclic) bond motifs is 1. The Kier molecular flexibility index (Phi) is 8.67. The first-order valence-electron chi connectivity index (χ1n) is 13.5. The monoisotopic (exact) mass is 618 g/mol. The zero-order valence-corrected chi connectivity index (χ0v) is 23.1. The molecule has 0 bridgehead atoms. The lowest BCUT2D eigenvalue weighted by atomic mass is 10.0. The summed E-state index contributed by atoms with van der Waals surface area (Å²) < 4.78 is 73.7. The van der Waals surface area contributed by atoms with Gasteiger partial charge in [0.15, 0.2) is 6.10 Å². The van der Waals surface area contributed by atoms with Crippen molar-refractivity contribution in [2.24, 2.45) is 0 Å². The van der Waals surface area contributed by atoms with Crippen LogP contribution in [0.15, 0.2) is 54.9 Å². The summed E-state index contributed by atoms with van der Waals surface area (Å²) in [6.45, 7) is 0.617. The van der Waals surface area contributed by atoms with Crippen LogP contribution in [0.2, 0.25) is 0 Å². The van der Waals surface area contributed by atoms with Gasteiger partial charge in [0.05, 0.1) is 23.5 Å². The van der Waals surface area contributed by atoms with Crippen LogP contribution in [0.1, 0.15) is 12.0 Å².